The Morgan fingerprint density at radius 1 is 1.10 bits per heavy atom. The molecule has 1 amide bonds. The lowest BCUT2D eigenvalue weighted by Gasteiger charge is -2.13. The van der Waals surface area contributed by atoms with Crippen LogP contribution >= 0.6 is 22.9 Å². The van der Waals surface area contributed by atoms with Crippen LogP contribution < -0.4 is 16.6 Å². The first-order chi connectivity index (χ1) is 14.9. The number of aryl methyl sites for hydroxylation is 1. The number of nitrogens with one attached hydrogen (secondary N) is 1. The van der Waals surface area contributed by atoms with Crippen molar-refractivity contribution in [3.8, 4) is 5.69 Å². The van der Waals surface area contributed by atoms with Gasteiger partial charge in [-0.2, -0.15) is 0 Å². The van der Waals surface area contributed by atoms with Gasteiger partial charge in [-0.25, -0.2) is 9.36 Å². The summed E-state index contributed by atoms with van der Waals surface area (Å²) < 4.78 is 2.93. The highest BCUT2D eigenvalue weighted by Gasteiger charge is 2.17. The third-order valence-corrected chi connectivity index (χ3v) is 6.11. The van der Waals surface area contributed by atoms with Crippen LogP contribution in [-0.2, 0) is 17.8 Å². The van der Waals surface area contributed by atoms with Gasteiger partial charge in [0.1, 0.15) is 11.2 Å². The number of rotatable bonds is 6. The van der Waals surface area contributed by atoms with Gasteiger partial charge in [0, 0.05) is 11.6 Å². The monoisotopic (exact) mass is 453 g/mol. The number of nitrogens with zero attached hydrogens (tertiary/aromatic N) is 2. The molecule has 0 saturated heterocycles. The second-order valence-electron chi connectivity index (χ2n) is 7.21. The molecule has 2 heterocycles. The van der Waals surface area contributed by atoms with E-state index in [1.54, 1.807) is 41.8 Å². The minimum atomic E-state index is -0.533. The van der Waals surface area contributed by atoms with E-state index in [-0.39, 0.29) is 18.0 Å². The van der Waals surface area contributed by atoms with Crippen molar-refractivity contribution in [3.05, 3.63) is 97.0 Å². The van der Waals surface area contributed by atoms with Crippen molar-refractivity contribution in [3.63, 3.8) is 0 Å². The molecule has 1 N–H and O–H groups in total. The number of amides is 1. The van der Waals surface area contributed by atoms with E-state index in [9.17, 15) is 14.4 Å². The van der Waals surface area contributed by atoms with Gasteiger partial charge >= 0.3 is 5.69 Å². The van der Waals surface area contributed by atoms with E-state index in [0.29, 0.717) is 33.9 Å². The van der Waals surface area contributed by atoms with E-state index < -0.39 is 5.69 Å². The third-order valence-electron chi connectivity index (χ3n) is 4.97. The van der Waals surface area contributed by atoms with Crippen molar-refractivity contribution in [2.45, 2.75) is 19.9 Å². The van der Waals surface area contributed by atoms with Crippen LogP contribution in [0.1, 0.15) is 11.1 Å². The molecular formula is C23H20ClN3O3S. The molecule has 0 atom stereocenters. The zero-order chi connectivity index (χ0) is 22.0. The summed E-state index contributed by atoms with van der Waals surface area (Å²) in [5, 5.41) is 5.26. The highest BCUT2D eigenvalue weighted by Crippen LogP contribution is 2.17. The normalized spacial score (nSPS) is 11.0. The highest BCUT2D eigenvalue weighted by molar-refractivity contribution is 7.17. The van der Waals surface area contributed by atoms with Gasteiger partial charge in [-0.15, -0.1) is 11.3 Å². The Hall–Kier alpha value is -3.16. The molecule has 31 heavy (non-hydrogen) atoms. The van der Waals surface area contributed by atoms with Crippen molar-refractivity contribution >= 4 is 39.1 Å². The minimum Gasteiger partial charge on any atom is -0.354 e. The number of hydrogen-bond acceptors (Lipinski definition) is 4. The third kappa shape index (κ3) is 4.47. The lowest BCUT2D eigenvalue weighted by atomic mass is 10.1. The molecule has 0 bridgehead atoms. The predicted molar refractivity (Wildman–Crippen MR) is 125 cm³/mol. The quantitative estimate of drug-likeness (QED) is 0.485. The maximum absolute atomic E-state index is 13.2. The molecule has 0 aliphatic heterocycles. The van der Waals surface area contributed by atoms with Crippen LogP contribution in [0.15, 0.2) is 69.6 Å². The number of halogens is 1. The molecular weight excluding hydrogens is 434 g/mol. The summed E-state index contributed by atoms with van der Waals surface area (Å²) in [6.45, 7) is 2.16. The van der Waals surface area contributed by atoms with Gasteiger partial charge < -0.3 is 5.32 Å². The van der Waals surface area contributed by atoms with Crippen LogP contribution in [0.3, 0.4) is 0 Å². The van der Waals surface area contributed by atoms with Crippen LogP contribution in [0.2, 0.25) is 5.02 Å². The molecule has 8 heteroatoms. The Labute approximate surface area is 187 Å². The number of hydrogen-bond donors (Lipinski definition) is 1. The molecule has 0 aliphatic rings. The predicted octanol–water partition coefficient (Wildman–Crippen LogP) is 3.53. The Bertz CT molecular complexity index is 1370. The summed E-state index contributed by atoms with van der Waals surface area (Å²) in [6.07, 6.45) is 0.647. The number of carbonyl (C=O) groups excluding carboxylic acids is 1. The second-order valence-corrected chi connectivity index (χ2v) is 8.56. The van der Waals surface area contributed by atoms with Crippen LogP contribution in [0.5, 0.6) is 0 Å². The fraction of sp³-hybridized carbons (Fsp3) is 0.174. The molecule has 0 saturated carbocycles. The number of aromatic nitrogens is 2. The van der Waals surface area contributed by atoms with Crippen LogP contribution in [0, 0.1) is 6.92 Å². The summed E-state index contributed by atoms with van der Waals surface area (Å²) in [4.78, 5) is 38.8. The van der Waals surface area contributed by atoms with Crippen LogP contribution in [-0.4, -0.2) is 21.6 Å². The molecule has 4 aromatic rings. The van der Waals surface area contributed by atoms with Crippen molar-refractivity contribution in [2.24, 2.45) is 0 Å². The molecule has 2 aromatic heterocycles. The van der Waals surface area contributed by atoms with E-state index in [1.165, 1.54) is 15.9 Å². The fourth-order valence-electron chi connectivity index (χ4n) is 3.43. The zero-order valence-corrected chi connectivity index (χ0v) is 18.4. The van der Waals surface area contributed by atoms with E-state index in [2.05, 4.69) is 5.32 Å². The van der Waals surface area contributed by atoms with Crippen molar-refractivity contribution in [1.29, 1.82) is 0 Å². The molecule has 0 aliphatic carbocycles. The summed E-state index contributed by atoms with van der Waals surface area (Å²) in [6, 6.07) is 16.3. The van der Waals surface area contributed by atoms with Gasteiger partial charge in [-0.3, -0.25) is 14.2 Å². The van der Waals surface area contributed by atoms with E-state index in [0.717, 1.165) is 15.7 Å². The average Bonchev–Trinajstić information content (AvgIpc) is 3.23. The molecule has 4 rings (SSSR count). The van der Waals surface area contributed by atoms with E-state index >= 15 is 0 Å². The summed E-state index contributed by atoms with van der Waals surface area (Å²) in [7, 11) is 0. The molecule has 0 unspecified atom stereocenters. The second kappa shape index (κ2) is 8.91. The maximum Gasteiger partial charge on any atom is 0.336 e. The lowest BCUT2D eigenvalue weighted by molar-refractivity contribution is -0.121. The Morgan fingerprint density at radius 2 is 1.87 bits per heavy atom. The number of carbonyl (C=O) groups is 1. The molecule has 6 nitrogen and oxygen atoms in total. The number of thiophene rings is 1. The van der Waals surface area contributed by atoms with Gasteiger partial charge in [0.05, 0.1) is 11.2 Å². The minimum absolute atomic E-state index is 0.168. The average molecular weight is 454 g/mol. The van der Waals surface area contributed by atoms with E-state index in [4.69, 9.17) is 11.6 Å². The Morgan fingerprint density at radius 3 is 2.61 bits per heavy atom. The van der Waals surface area contributed by atoms with Crippen LogP contribution in [0.25, 0.3) is 15.9 Å². The van der Waals surface area contributed by atoms with Crippen molar-refractivity contribution in [1.82, 2.24) is 14.5 Å². The van der Waals surface area contributed by atoms with E-state index in [1.807, 2.05) is 25.1 Å². The Kier molecular flexibility index (Phi) is 6.06. The summed E-state index contributed by atoms with van der Waals surface area (Å²) >= 11 is 7.15. The van der Waals surface area contributed by atoms with Gasteiger partial charge in [0.2, 0.25) is 5.91 Å². The van der Waals surface area contributed by atoms with Crippen LogP contribution in [0.4, 0.5) is 0 Å². The van der Waals surface area contributed by atoms with Gasteiger partial charge in [0.15, 0.2) is 0 Å². The van der Waals surface area contributed by atoms with Crippen molar-refractivity contribution in [2.75, 3.05) is 6.54 Å². The maximum atomic E-state index is 13.2. The number of benzene rings is 2. The molecule has 0 fully saturated rings. The fourth-order valence-corrected chi connectivity index (χ4v) is 4.38. The molecule has 2 aromatic carbocycles. The zero-order valence-electron chi connectivity index (χ0n) is 16.8. The largest absolute Gasteiger partial charge is 0.354 e. The molecule has 0 radical (unpaired) electrons. The number of fused-ring (bicyclic) bond motifs is 1. The summed E-state index contributed by atoms with van der Waals surface area (Å²) in [5.74, 6) is -0.294. The topological polar surface area (TPSA) is 73.1 Å². The lowest BCUT2D eigenvalue weighted by Crippen LogP contribution is -2.41. The van der Waals surface area contributed by atoms with Gasteiger partial charge in [-0.05, 0) is 60.2 Å². The Balaban J connectivity index is 1.60. The standard InChI is InChI=1S/C23H20ClN3O3S/c1-15-3-2-4-18(13-15)27-22(29)21-19(10-12-31-21)26(23(27)30)14-20(28)25-11-9-16-5-7-17(24)8-6-16/h2-8,10,12-13H,9,11,14H2,1H3,(H,25,28). The van der Waals surface area contributed by atoms with Gasteiger partial charge in [0.25, 0.3) is 5.56 Å². The highest BCUT2D eigenvalue weighted by atomic mass is 35.5. The first-order valence-electron chi connectivity index (χ1n) is 9.75. The molecule has 0 spiro atoms. The first kappa shape index (κ1) is 21.1. The smallest absolute Gasteiger partial charge is 0.336 e. The summed E-state index contributed by atoms with van der Waals surface area (Å²) in [5.41, 5.74) is 2.03. The molecule has 158 valence electrons. The van der Waals surface area contributed by atoms with Gasteiger partial charge in [-0.1, -0.05) is 35.9 Å². The first-order valence-corrected chi connectivity index (χ1v) is 11.0. The van der Waals surface area contributed by atoms with Crippen molar-refractivity contribution < 1.29 is 4.79 Å². The SMILES string of the molecule is Cc1cccc(-n2c(=O)c3sccc3n(CC(=O)NCCc3ccc(Cl)cc3)c2=O)c1.